The summed E-state index contributed by atoms with van der Waals surface area (Å²) in [6.07, 6.45) is -5.63. The van der Waals surface area contributed by atoms with Gasteiger partial charge in [-0.2, -0.15) is 17.9 Å². The average Bonchev–Trinajstić information content (AvgIpc) is 3.07. The molecule has 116 valence electrons. The number of nitrogens with one attached hydrogen (secondary N) is 1. The van der Waals surface area contributed by atoms with E-state index in [1.165, 1.54) is 4.72 Å². The average molecular weight is 327 g/mol. The quantitative estimate of drug-likeness (QED) is 0.827. The van der Waals surface area contributed by atoms with E-state index < -0.39 is 56.8 Å². The summed E-state index contributed by atoms with van der Waals surface area (Å²) in [5.41, 5.74) is -3.08. The van der Waals surface area contributed by atoms with Crippen molar-refractivity contribution in [2.24, 2.45) is 0 Å². The van der Waals surface area contributed by atoms with E-state index in [2.05, 4.69) is 0 Å². The number of carboxylic acid groups (broad SMARTS) is 1. The van der Waals surface area contributed by atoms with Gasteiger partial charge in [0.2, 0.25) is 10.0 Å². The van der Waals surface area contributed by atoms with Crippen molar-refractivity contribution in [3.05, 3.63) is 29.6 Å². The van der Waals surface area contributed by atoms with Crippen LogP contribution in [0.25, 0.3) is 0 Å². The van der Waals surface area contributed by atoms with Gasteiger partial charge in [0.1, 0.15) is 16.3 Å². The van der Waals surface area contributed by atoms with E-state index >= 15 is 0 Å². The maximum atomic E-state index is 13.6. The minimum atomic E-state index is -4.78. The van der Waals surface area contributed by atoms with Gasteiger partial charge >= 0.3 is 12.1 Å². The van der Waals surface area contributed by atoms with Gasteiger partial charge in [-0.05, 0) is 31.0 Å². The highest BCUT2D eigenvalue weighted by molar-refractivity contribution is 7.89. The topological polar surface area (TPSA) is 83.5 Å². The number of aromatic carboxylic acids is 1. The molecule has 0 bridgehead atoms. The summed E-state index contributed by atoms with van der Waals surface area (Å²) in [6, 6.07) is 1.85. The zero-order chi connectivity index (χ0) is 16.1. The Kier molecular flexibility index (Phi) is 3.49. The lowest BCUT2D eigenvalue weighted by molar-refractivity contribution is -0.160. The number of rotatable bonds is 4. The van der Waals surface area contributed by atoms with Gasteiger partial charge in [0.05, 0.1) is 5.56 Å². The Bertz CT molecular complexity index is 695. The first-order valence-corrected chi connectivity index (χ1v) is 7.10. The highest BCUT2D eigenvalue weighted by Gasteiger charge is 2.65. The maximum Gasteiger partial charge on any atom is 0.407 e. The monoisotopic (exact) mass is 327 g/mol. The fourth-order valence-electron chi connectivity index (χ4n) is 1.73. The molecule has 5 nitrogen and oxygen atoms in total. The van der Waals surface area contributed by atoms with Crippen LogP contribution >= 0.6 is 0 Å². The molecule has 0 heterocycles. The Balaban J connectivity index is 2.35. The van der Waals surface area contributed by atoms with Crippen LogP contribution < -0.4 is 4.72 Å². The second-order valence-corrected chi connectivity index (χ2v) is 6.29. The Morgan fingerprint density at radius 3 is 2.24 bits per heavy atom. The van der Waals surface area contributed by atoms with Gasteiger partial charge in [-0.3, -0.25) is 0 Å². The van der Waals surface area contributed by atoms with Crippen LogP contribution in [0.15, 0.2) is 23.1 Å². The standard InChI is InChI=1S/C11H9F4NO4S/c12-7-5-6(9(17)18)1-2-8(7)21(19,20)16-10(3-4-10)11(13,14)15/h1-2,5,16H,3-4H2,(H,17,18). The summed E-state index contributed by atoms with van der Waals surface area (Å²) in [7, 11) is -4.75. The molecular formula is C11H9F4NO4S. The summed E-state index contributed by atoms with van der Waals surface area (Å²) in [4.78, 5) is 9.58. The van der Waals surface area contributed by atoms with E-state index in [0.717, 1.165) is 6.07 Å². The molecule has 0 saturated heterocycles. The predicted octanol–water partition coefficient (Wildman–Crippen LogP) is 1.90. The van der Waals surface area contributed by atoms with E-state index in [9.17, 15) is 30.8 Å². The SMILES string of the molecule is O=C(O)c1ccc(S(=O)(=O)NC2(C(F)(F)F)CC2)c(F)c1. The van der Waals surface area contributed by atoms with Gasteiger partial charge in [0, 0.05) is 0 Å². The maximum absolute atomic E-state index is 13.6. The van der Waals surface area contributed by atoms with Crippen LogP contribution in [0.4, 0.5) is 17.6 Å². The van der Waals surface area contributed by atoms with E-state index in [0.29, 0.717) is 12.1 Å². The molecule has 0 atom stereocenters. The molecule has 2 N–H and O–H groups in total. The van der Waals surface area contributed by atoms with Crippen molar-refractivity contribution < 1.29 is 35.9 Å². The Labute approximate surface area is 116 Å². The molecule has 0 aromatic heterocycles. The van der Waals surface area contributed by atoms with E-state index in [1.807, 2.05) is 0 Å². The number of carbonyl (C=O) groups is 1. The van der Waals surface area contributed by atoms with Gasteiger partial charge in [-0.15, -0.1) is 0 Å². The Morgan fingerprint density at radius 2 is 1.86 bits per heavy atom. The fraction of sp³-hybridized carbons (Fsp3) is 0.364. The number of benzene rings is 1. The van der Waals surface area contributed by atoms with Crippen LogP contribution in [0.2, 0.25) is 0 Å². The number of sulfonamides is 1. The van der Waals surface area contributed by atoms with Gasteiger partial charge in [-0.1, -0.05) is 0 Å². The third-order valence-corrected chi connectivity index (χ3v) is 4.66. The molecule has 0 unspecified atom stereocenters. The minimum absolute atomic E-state index is 0.426. The van der Waals surface area contributed by atoms with Crippen molar-refractivity contribution in [1.82, 2.24) is 4.72 Å². The predicted molar refractivity (Wildman–Crippen MR) is 61.7 cm³/mol. The highest BCUT2D eigenvalue weighted by Crippen LogP contribution is 2.49. The zero-order valence-corrected chi connectivity index (χ0v) is 11.1. The molecule has 1 saturated carbocycles. The summed E-state index contributed by atoms with van der Waals surface area (Å²) in [5.74, 6) is -2.92. The summed E-state index contributed by atoms with van der Waals surface area (Å²) < 4.78 is 76.9. The number of carboxylic acids is 1. The van der Waals surface area contributed by atoms with Gasteiger partial charge < -0.3 is 5.11 Å². The summed E-state index contributed by atoms with van der Waals surface area (Å²) >= 11 is 0. The number of hydrogen-bond donors (Lipinski definition) is 2. The van der Waals surface area contributed by atoms with E-state index in [-0.39, 0.29) is 0 Å². The molecule has 1 aliphatic rings. The third kappa shape index (κ3) is 2.86. The van der Waals surface area contributed by atoms with Gasteiger partial charge in [0.15, 0.2) is 0 Å². The lowest BCUT2D eigenvalue weighted by Gasteiger charge is -2.20. The lowest BCUT2D eigenvalue weighted by atomic mass is 10.2. The van der Waals surface area contributed by atoms with Crippen LogP contribution in [-0.4, -0.2) is 31.2 Å². The molecular weight excluding hydrogens is 318 g/mol. The molecule has 1 aliphatic carbocycles. The lowest BCUT2D eigenvalue weighted by Crippen LogP contribution is -2.47. The van der Waals surface area contributed by atoms with Crippen molar-refractivity contribution >= 4 is 16.0 Å². The van der Waals surface area contributed by atoms with Crippen LogP contribution in [-0.2, 0) is 10.0 Å². The Hall–Kier alpha value is -1.68. The molecule has 2 rings (SSSR count). The van der Waals surface area contributed by atoms with Crippen LogP contribution in [0.5, 0.6) is 0 Å². The zero-order valence-electron chi connectivity index (χ0n) is 10.2. The second-order valence-electron chi connectivity index (χ2n) is 4.64. The molecule has 0 amide bonds. The largest absolute Gasteiger partial charge is 0.478 e. The first-order chi connectivity index (χ1) is 9.48. The fourth-order valence-corrected chi connectivity index (χ4v) is 3.24. The molecule has 21 heavy (non-hydrogen) atoms. The number of hydrogen-bond acceptors (Lipinski definition) is 3. The second kappa shape index (κ2) is 4.67. The molecule has 1 aromatic rings. The van der Waals surface area contributed by atoms with Crippen LogP contribution in [0.1, 0.15) is 23.2 Å². The molecule has 10 heteroatoms. The molecule has 0 aliphatic heterocycles. The van der Waals surface area contributed by atoms with Crippen LogP contribution in [0, 0.1) is 5.82 Å². The van der Waals surface area contributed by atoms with Gasteiger partial charge in [-0.25, -0.2) is 17.6 Å². The van der Waals surface area contributed by atoms with Crippen molar-refractivity contribution in [2.45, 2.75) is 29.5 Å². The molecule has 1 fully saturated rings. The van der Waals surface area contributed by atoms with Crippen molar-refractivity contribution in [3.8, 4) is 0 Å². The third-order valence-electron chi connectivity index (χ3n) is 3.09. The highest BCUT2D eigenvalue weighted by atomic mass is 32.2. The van der Waals surface area contributed by atoms with Crippen molar-refractivity contribution in [3.63, 3.8) is 0 Å². The van der Waals surface area contributed by atoms with E-state index in [4.69, 9.17) is 5.11 Å². The molecule has 1 aromatic carbocycles. The molecule has 0 radical (unpaired) electrons. The Morgan fingerprint density at radius 1 is 1.29 bits per heavy atom. The number of alkyl halides is 3. The smallest absolute Gasteiger partial charge is 0.407 e. The van der Waals surface area contributed by atoms with Gasteiger partial charge in [0.25, 0.3) is 0 Å². The van der Waals surface area contributed by atoms with Crippen LogP contribution in [0.3, 0.4) is 0 Å². The van der Waals surface area contributed by atoms with Crippen molar-refractivity contribution in [2.75, 3.05) is 0 Å². The number of halogens is 4. The minimum Gasteiger partial charge on any atom is -0.478 e. The summed E-state index contributed by atoms with van der Waals surface area (Å²) in [5, 5.41) is 8.63. The van der Waals surface area contributed by atoms with E-state index in [1.54, 1.807) is 0 Å². The molecule has 0 spiro atoms. The summed E-state index contributed by atoms with van der Waals surface area (Å²) in [6.45, 7) is 0. The normalized spacial score (nSPS) is 17.5. The first-order valence-electron chi connectivity index (χ1n) is 5.62. The first kappa shape index (κ1) is 15.7. The van der Waals surface area contributed by atoms with Crippen molar-refractivity contribution in [1.29, 1.82) is 0 Å².